The van der Waals surface area contributed by atoms with E-state index >= 15 is 0 Å². The standard InChI is InChI=1S/C23H36O6/c1-4-5-8-11-18(25)14-15-20-19(21(26)16-22(20)29-17(2)24)12-9-6-7-10-13-23(27)28-3/h14-15,19-20,22H,4-13,16H2,1-3H3/t19-,20-,22-/m0/s1. The zero-order chi connectivity index (χ0) is 21.6. The minimum Gasteiger partial charge on any atom is -0.469 e. The van der Waals surface area contributed by atoms with Crippen LogP contribution in [0.4, 0.5) is 0 Å². The van der Waals surface area contributed by atoms with E-state index in [9.17, 15) is 19.2 Å². The summed E-state index contributed by atoms with van der Waals surface area (Å²) in [6.45, 7) is 3.43. The number of rotatable bonds is 14. The molecule has 1 aliphatic rings. The van der Waals surface area contributed by atoms with E-state index in [2.05, 4.69) is 11.7 Å². The lowest BCUT2D eigenvalue weighted by Crippen LogP contribution is -2.23. The molecule has 1 rings (SSSR count). The molecular weight excluding hydrogens is 372 g/mol. The topological polar surface area (TPSA) is 86.7 Å². The summed E-state index contributed by atoms with van der Waals surface area (Å²) < 4.78 is 9.99. The van der Waals surface area contributed by atoms with Crippen LogP contribution in [-0.2, 0) is 28.7 Å². The summed E-state index contributed by atoms with van der Waals surface area (Å²) in [7, 11) is 1.38. The van der Waals surface area contributed by atoms with Gasteiger partial charge in [0.1, 0.15) is 11.9 Å². The fourth-order valence-electron chi connectivity index (χ4n) is 3.84. The Labute approximate surface area is 174 Å². The van der Waals surface area contributed by atoms with Gasteiger partial charge in [0.25, 0.3) is 0 Å². The van der Waals surface area contributed by atoms with E-state index < -0.39 is 12.1 Å². The Kier molecular flexibility index (Phi) is 12.2. The molecule has 164 valence electrons. The average Bonchev–Trinajstić information content (AvgIpc) is 2.96. The molecule has 1 fully saturated rings. The van der Waals surface area contributed by atoms with Crippen molar-refractivity contribution in [2.24, 2.45) is 11.8 Å². The Bertz CT molecular complexity index is 580. The van der Waals surface area contributed by atoms with E-state index in [1.54, 1.807) is 12.2 Å². The van der Waals surface area contributed by atoms with Crippen LogP contribution in [-0.4, -0.2) is 36.7 Å². The molecule has 6 heteroatoms. The van der Waals surface area contributed by atoms with Crippen LogP contribution in [0.1, 0.15) is 84.5 Å². The third-order valence-corrected chi connectivity index (χ3v) is 5.43. The highest BCUT2D eigenvalue weighted by Crippen LogP contribution is 2.36. The molecule has 0 amide bonds. The normalized spacial score (nSPS) is 21.5. The monoisotopic (exact) mass is 408 g/mol. The molecule has 1 saturated carbocycles. The van der Waals surface area contributed by atoms with Crippen molar-refractivity contribution in [3.05, 3.63) is 12.2 Å². The van der Waals surface area contributed by atoms with E-state index in [0.29, 0.717) is 19.3 Å². The van der Waals surface area contributed by atoms with Gasteiger partial charge in [0, 0.05) is 38.0 Å². The van der Waals surface area contributed by atoms with Crippen molar-refractivity contribution in [3.8, 4) is 0 Å². The maximum Gasteiger partial charge on any atom is 0.305 e. The number of unbranched alkanes of at least 4 members (excludes halogenated alkanes) is 5. The maximum atomic E-state index is 12.5. The fraction of sp³-hybridized carbons (Fsp3) is 0.739. The number of Topliss-reactive ketones (excluding diaryl/α,β-unsaturated/α-hetero) is 1. The summed E-state index contributed by atoms with van der Waals surface area (Å²) in [4.78, 5) is 47.1. The molecule has 6 nitrogen and oxygen atoms in total. The van der Waals surface area contributed by atoms with Crippen molar-refractivity contribution >= 4 is 23.5 Å². The first kappa shape index (κ1) is 25.1. The lowest BCUT2D eigenvalue weighted by Gasteiger charge is -2.20. The molecule has 0 aliphatic heterocycles. The first-order chi connectivity index (χ1) is 13.9. The number of allylic oxidation sites excluding steroid dienone is 1. The number of hydrogen-bond acceptors (Lipinski definition) is 6. The number of esters is 2. The molecular formula is C23H36O6. The number of ether oxygens (including phenoxy) is 2. The predicted octanol–water partition coefficient (Wildman–Crippen LogP) is 4.34. The van der Waals surface area contributed by atoms with Crippen molar-refractivity contribution in [3.63, 3.8) is 0 Å². The first-order valence-corrected chi connectivity index (χ1v) is 10.9. The van der Waals surface area contributed by atoms with Crippen molar-refractivity contribution < 1.29 is 28.7 Å². The summed E-state index contributed by atoms with van der Waals surface area (Å²) >= 11 is 0. The van der Waals surface area contributed by atoms with E-state index in [1.165, 1.54) is 14.0 Å². The van der Waals surface area contributed by atoms with Gasteiger partial charge in [-0.25, -0.2) is 0 Å². The van der Waals surface area contributed by atoms with Crippen LogP contribution in [0.2, 0.25) is 0 Å². The molecule has 0 spiro atoms. The number of methoxy groups -OCH3 is 1. The number of carbonyl (C=O) groups is 4. The van der Waals surface area contributed by atoms with Crippen molar-refractivity contribution in [1.82, 2.24) is 0 Å². The molecule has 0 heterocycles. The molecule has 0 unspecified atom stereocenters. The molecule has 3 atom stereocenters. The van der Waals surface area contributed by atoms with Crippen LogP contribution in [0.25, 0.3) is 0 Å². The number of carbonyl (C=O) groups excluding carboxylic acids is 4. The molecule has 0 aromatic heterocycles. The Hall–Kier alpha value is -1.98. The minimum absolute atomic E-state index is 0.0564. The van der Waals surface area contributed by atoms with Gasteiger partial charge in [-0.05, 0) is 25.3 Å². The van der Waals surface area contributed by atoms with Crippen LogP contribution in [0, 0.1) is 11.8 Å². The molecule has 0 aromatic rings. The molecule has 0 aromatic carbocycles. The maximum absolute atomic E-state index is 12.5. The summed E-state index contributed by atoms with van der Waals surface area (Å²) in [6, 6.07) is 0. The van der Waals surface area contributed by atoms with Crippen LogP contribution in [0.5, 0.6) is 0 Å². The van der Waals surface area contributed by atoms with Gasteiger partial charge in [-0.2, -0.15) is 0 Å². The van der Waals surface area contributed by atoms with Crippen LogP contribution in [0.15, 0.2) is 12.2 Å². The van der Waals surface area contributed by atoms with E-state index in [1.807, 2.05) is 0 Å². The second kappa shape index (κ2) is 14.1. The molecule has 0 saturated heterocycles. The van der Waals surface area contributed by atoms with Crippen molar-refractivity contribution in [2.75, 3.05) is 7.11 Å². The fourth-order valence-corrected chi connectivity index (χ4v) is 3.84. The molecule has 0 N–H and O–H groups in total. The van der Waals surface area contributed by atoms with Crippen LogP contribution >= 0.6 is 0 Å². The summed E-state index contributed by atoms with van der Waals surface area (Å²) in [5, 5.41) is 0. The summed E-state index contributed by atoms with van der Waals surface area (Å²) in [5.74, 6) is -0.913. The van der Waals surface area contributed by atoms with Gasteiger partial charge < -0.3 is 9.47 Å². The summed E-state index contributed by atoms with van der Waals surface area (Å²) in [6.07, 6.45) is 11.1. The second-order valence-electron chi connectivity index (χ2n) is 7.81. The van der Waals surface area contributed by atoms with Gasteiger partial charge in [0.05, 0.1) is 7.11 Å². The Morgan fingerprint density at radius 1 is 1.03 bits per heavy atom. The molecule has 1 aliphatic carbocycles. The van der Waals surface area contributed by atoms with E-state index in [0.717, 1.165) is 44.9 Å². The van der Waals surface area contributed by atoms with Gasteiger partial charge in [0.2, 0.25) is 0 Å². The largest absolute Gasteiger partial charge is 0.469 e. The zero-order valence-electron chi connectivity index (χ0n) is 18.1. The SMILES string of the molecule is CCCCCC(=O)C=C[C@@H]1[C@@H](OC(C)=O)CC(=O)[C@H]1CCCCCCC(=O)OC. The highest BCUT2D eigenvalue weighted by Gasteiger charge is 2.42. The third kappa shape index (κ3) is 9.86. The highest BCUT2D eigenvalue weighted by atomic mass is 16.5. The third-order valence-electron chi connectivity index (χ3n) is 5.43. The van der Waals surface area contributed by atoms with Crippen molar-refractivity contribution in [2.45, 2.75) is 90.6 Å². The number of hydrogen-bond donors (Lipinski definition) is 0. The van der Waals surface area contributed by atoms with Gasteiger partial charge in [0.15, 0.2) is 5.78 Å². The molecule has 0 bridgehead atoms. The van der Waals surface area contributed by atoms with E-state index in [4.69, 9.17) is 4.74 Å². The quantitative estimate of drug-likeness (QED) is 0.241. The van der Waals surface area contributed by atoms with Gasteiger partial charge >= 0.3 is 11.9 Å². The highest BCUT2D eigenvalue weighted by molar-refractivity contribution is 5.90. The van der Waals surface area contributed by atoms with Gasteiger partial charge in [-0.15, -0.1) is 0 Å². The Balaban J connectivity index is 2.59. The molecule has 0 radical (unpaired) electrons. The van der Waals surface area contributed by atoms with E-state index in [-0.39, 0.29) is 35.8 Å². The molecule has 29 heavy (non-hydrogen) atoms. The Morgan fingerprint density at radius 2 is 1.72 bits per heavy atom. The summed E-state index contributed by atoms with van der Waals surface area (Å²) in [5.41, 5.74) is 0. The van der Waals surface area contributed by atoms with Gasteiger partial charge in [-0.3, -0.25) is 19.2 Å². The Morgan fingerprint density at radius 3 is 2.38 bits per heavy atom. The average molecular weight is 409 g/mol. The first-order valence-electron chi connectivity index (χ1n) is 10.9. The minimum atomic E-state index is -0.482. The predicted molar refractivity (Wildman–Crippen MR) is 110 cm³/mol. The number of ketones is 2. The smallest absolute Gasteiger partial charge is 0.305 e. The zero-order valence-corrected chi connectivity index (χ0v) is 18.1. The lowest BCUT2D eigenvalue weighted by molar-refractivity contribution is -0.147. The second-order valence-corrected chi connectivity index (χ2v) is 7.81. The van der Waals surface area contributed by atoms with Crippen molar-refractivity contribution in [1.29, 1.82) is 0 Å². The van der Waals surface area contributed by atoms with Crippen LogP contribution in [0.3, 0.4) is 0 Å². The lowest BCUT2D eigenvalue weighted by atomic mass is 9.88. The van der Waals surface area contributed by atoms with Gasteiger partial charge in [-0.1, -0.05) is 45.1 Å². The van der Waals surface area contributed by atoms with Crippen LogP contribution < -0.4 is 0 Å².